The first kappa shape index (κ1) is 13.2. The zero-order valence-electron chi connectivity index (χ0n) is 10.4. The molecule has 8 nitrogen and oxygen atoms in total. The van der Waals surface area contributed by atoms with Crippen LogP contribution in [0.25, 0.3) is 5.69 Å². The quantitative estimate of drug-likeness (QED) is 0.661. The van der Waals surface area contributed by atoms with Crippen LogP contribution in [0.2, 0.25) is 0 Å². The average Bonchev–Trinajstić information content (AvgIpc) is 2.95. The molecule has 20 heavy (non-hydrogen) atoms. The Balaban J connectivity index is 2.44. The number of nitrogens with zero attached hydrogens (tertiary/aromatic N) is 4. The Bertz CT molecular complexity index is 729. The van der Waals surface area contributed by atoms with Crippen LogP contribution in [0.15, 0.2) is 30.5 Å². The fourth-order valence-corrected chi connectivity index (χ4v) is 1.63. The van der Waals surface area contributed by atoms with Crippen molar-refractivity contribution in [1.82, 2.24) is 15.1 Å². The summed E-state index contributed by atoms with van der Waals surface area (Å²) in [7, 11) is 1.49. The number of nitro groups is 1. The van der Waals surface area contributed by atoms with E-state index in [1.54, 1.807) is 6.07 Å². The Labute approximate surface area is 113 Å². The summed E-state index contributed by atoms with van der Waals surface area (Å²) in [6.45, 7) is 0. The van der Waals surface area contributed by atoms with E-state index in [0.29, 0.717) is 5.69 Å². The normalized spacial score (nSPS) is 9.80. The average molecular weight is 271 g/mol. The van der Waals surface area contributed by atoms with Crippen molar-refractivity contribution in [2.75, 3.05) is 7.05 Å². The number of benzene rings is 1. The van der Waals surface area contributed by atoms with Crippen LogP contribution in [0, 0.1) is 21.4 Å². The van der Waals surface area contributed by atoms with Gasteiger partial charge in [0.1, 0.15) is 11.6 Å². The summed E-state index contributed by atoms with van der Waals surface area (Å²) in [4.78, 5) is 21.5. The lowest BCUT2D eigenvalue weighted by atomic mass is 10.2. The van der Waals surface area contributed by atoms with E-state index in [1.165, 1.54) is 42.2 Å². The van der Waals surface area contributed by atoms with Gasteiger partial charge in [0.25, 0.3) is 11.6 Å². The number of carbonyl (C=O) groups is 1. The molecule has 100 valence electrons. The molecule has 0 aliphatic carbocycles. The van der Waals surface area contributed by atoms with E-state index in [1.807, 2.05) is 0 Å². The second kappa shape index (κ2) is 5.19. The highest BCUT2D eigenvalue weighted by atomic mass is 16.6. The largest absolute Gasteiger partial charge is 0.354 e. The van der Waals surface area contributed by atoms with E-state index in [4.69, 9.17) is 5.26 Å². The fourth-order valence-electron chi connectivity index (χ4n) is 1.63. The van der Waals surface area contributed by atoms with Gasteiger partial charge in [-0.05, 0) is 18.2 Å². The van der Waals surface area contributed by atoms with Gasteiger partial charge < -0.3 is 5.32 Å². The summed E-state index contributed by atoms with van der Waals surface area (Å²) < 4.78 is 1.37. The third kappa shape index (κ3) is 2.32. The van der Waals surface area contributed by atoms with Crippen LogP contribution >= 0.6 is 0 Å². The zero-order chi connectivity index (χ0) is 14.7. The number of nitriles is 1. The van der Waals surface area contributed by atoms with Crippen molar-refractivity contribution in [3.05, 3.63) is 51.8 Å². The van der Waals surface area contributed by atoms with Gasteiger partial charge in [-0.15, -0.1) is 0 Å². The van der Waals surface area contributed by atoms with Crippen molar-refractivity contribution < 1.29 is 9.72 Å². The van der Waals surface area contributed by atoms with Gasteiger partial charge in [-0.2, -0.15) is 10.4 Å². The van der Waals surface area contributed by atoms with Crippen LogP contribution in [0.4, 0.5) is 5.69 Å². The molecule has 0 atom stereocenters. The van der Waals surface area contributed by atoms with E-state index >= 15 is 0 Å². The molecule has 8 heteroatoms. The van der Waals surface area contributed by atoms with Crippen molar-refractivity contribution in [3.63, 3.8) is 0 Å². The monoisotopic (exact) mass is 271 g/mol. The van der Waals surface area contributed by atoms with Crippen molar-refractivity contribution in [2.45, 2.75) is 0 Å². The summed E-state index contributed by atoms with van der Waals surface area (Å²) in [5, 5.41) is 26.1. The lowest BCUT2D eigenvalue weighted by Crippen LogP contribution is -2.18. The number of nitrogens with one attached hydrogen (secondary N) is 1. The first-order valence-electron chi connectivity index (χ1n) is 5.53. The van der Waals surface area contributed by atoms with E-state index in [2.05, 4.69) is 10.4 Å². The minimum atomic E-state index is -0.624. The second-order valence-electron chi connectivity index (χ2n) is 3.80. The van der Waals surface area contributed by atoms with Crippen molar-refractivity contribution in [1.29, 1.82) is 5.26 Å². The minimum absolute atomic E-state index is 0.0653. The lowest BCUT2D eigenvalue weighted by Gasteiger charge is -2.02. The highest BCUT2D eigenvalue weighted by molar-refractivity contribution is 5.91. The molecule has 1 aromatic carbocycles. The third-order valence-electron chi connectivity index (χ3n) is 2.61. The van der Waals surface area contributed by atoms with E-state index in [-0.39, 0.29) is 22.9 Å². The van der Waals surface area contributed by atoms with E-state index < -0.39 is 4.92 Å². The second-order valence-corrected chi connectivity index (χ2v) is 3.80. The topological polar surface area (TPSA) is 114 Å². The summed E-state index contributed by atoms with van der Waals surface area (Å²) in [6, 6.07) is 7.31. The summed E-state index contributed by atoms with van der Waals surface area (Å²) in [6.07, 6.45) is 1.53. The molecule has 1 aromatic heterocycles. The molecular formula is C12H9N5O3. The lowest BCUT2D eigenvalue weighted by molar-refractivity contribution is -0.385. The van der Waals surface area contributed by atoms with Crippen LogP contribution in [-0.4, -0.2) is 27.7 Å². The number of hydrogen-bond donors (Lipinski definition) is 1. The maximum absolute atomic E-state index is 11.4. The van der Waals surface area contributed by atoms with Gasteiger partial charge in [0.2, 0.25) is 0 Å². The molecule has 0 spiro atoms. The van der Waals surface area contributed by atoms with Crippen LogP contribution in [0.5, 0.6) is 0 Å². The first-order valence-corrected chi connectivity index (χ1v) is 5.53. The number of hydrogen-bond acceptors (Lipinski definition) is 5. The van der Waals surface area contributed by atoms with Crippen LogP contribution in [0.3, 0.4) is 0 Å². The molecule has 1 heterocycles. The zero-order valence-corrected chi connectivity index (χ0v) is 10.4. The third-order valence-corrected chi connectivity index (χ3v) is 2.61. The van der Waals surface area contributed by atoms with Crippen LogP contribution < -0.4 is 5.32 Å². The molecule has 0 saturated carbocycles. The fraction of sp³-hybridized carbons (Fsp3) is 0.0833. The van der Waals surface area contributed by atoms with Gasteiger partial charge in [-0.25, -0.2) is 4.68 Å². The Kier molecular flexibility index (Phi) is 3.43. The van der Waals surface area contributed by atoms with Crippen LogP contribution in [0.1, 0.15) is 16.1 Å². The maximum atomic E-state index is 11.4. The van der Waals surface area contributed by atoms with Gasteiger partial charge in [0.05, 0.1) is 10.6 Å². The molecule has 0 radical (unpaired) electrons. The Morgan fingerprint density at radius 3 is 2.85 bits per heavy atom. The van der Waals surface area contributed by atoms with E-state index in [9.17, 15) is 14.9 Å². The predicted molar refractivity (Wildman–Crippen MR) is 68.3 cm³/mol. The Hall–Kier alpha value is -3.21. The van der Waals surface area contributed by atoms with Crippen molar-refractivity contribution in [2.24, 2.45) is 0 Å². The van der Waals surface area contributed by atoms with E-state index in [0.717, 1.165) is 0 Å². The summed E-state index contributed by atoms with van der Waals surface area (Å²) in [5.41, 5.74) is 0.339. The van der Waals surface area contributed by atoms with Crippen molar-refractivity contribution in [3.8, 4) is 11.8 Å². The number of nitro benzene ring substituents is 1. The molecule has 0 bridgehead atoms. The standard InChI is InChI=1S/C12H9N5O3/c1-14-12(18)10-4-5-16(15-10)9-2-3-11(17(19)20)8(6-9)7-13/h2-6H,1H3,(H,14,18). The van der Waals surface area contributed by atoms with Gasteiger partial charge in [-0.1, -0.05) is 0 Å². The van der Waals surface area contributed by atoms with Gasteiger partial charge >= 0.3 is 0 Å². The number of aromatic nitrogens is 2. The molecule has 0 aliphatic heterocycles. The number of amides is 1. The molecule has 1 N–H and O–H groups in total. The highest BCUT2D eigenvalue weighted by Gasteiger charge is 2.15. The SMILES string of the molecule is CNC(=O)c1ccn(-c2ccc([N+](=O)[O-])c(C#N)c2)n1. The molecule has 0 unspecified atom stereocenters. The van der Waals surface area contributed by atoms with Crippen molar-refractivity contribution >= 4 is 11.6 Å². The minimum Gasteiger partial charge on any atom is -0.354 e. The Morgan fingerprint density at radius 1 is 1.50 bits per heavy atom. The maximum Gasteiger partial charge on any atom is 0.287 e. The Morgan fingerprint density at radius 2 is 2.25 bits per heavy atom. The summed E-state index contributed by atoms with van der Waals surface area (Å²) in [5.74, 6) is -0.342. The van der Waals surface area contributed by atoms with Gasteiger partial charge in [0, 0.05) is 19.3 Å². The van der Waals surface area contributed by atoms with Crippen LogP contribution in [-0.2, 0) is 0 Å². The molecule has 1 amide bonds. The molecule has 2 rings (SSSR count). The molecular weight excluding hydrogens is 262 g/mol. The van der Waals surface area contributed by atoms with Gasteiger partial charge in [0.15, 0.2) is 5.69 Å². The predicted octanol–water partition coefficient (Wildman–Crippen LogP) is 1.01. The summed E-state index contributed by atoms with van der Waals surface area (Å²) >= 11 is 0. The molecule has 0 saturated heterocycles. The van der Waals surface area contributed by atoms with Gasteiger partial charge in [-0.3, -0.25) is 14.9 Å². The first-order chi connectivity index (χ1) is 9.56. The number of carbonyl (C=O) groups excluding carboxylic acids is 1. The smallest absolute Gasteiger partial charge is 0.287 e. The molecule has 0 aliphatic rings. The molecule has 2 aromatic rings. The number of rotatable bonds is 3. The molecule has 0 fully saturated rings. The highest BCUT2D eigenvalue weighted by Crippen LogP contribution is 2.21.